The molecule has 0 amide bonds. The molecule has 0 radical (unpaired) electrons. The number of hydrogen-bond donors (Lipinski definition) is 2. The summed E-state index contributed by atoms with van der Waals surface area (Å²) in [7, 11) is 0. The van der Waals surface area contributed by atoms with Crippen molar-refractivity contribution in [2.75, 3.05) is 39.5 Å². The van der Waals surface area contributed by atoms with Gasteiger partial charge in [0.25, 0.3) is 0 Å². The molecule has 0 unspecified atom stereocenters. The third-order valence-corrected chi connectivity index (χ3v) is 2.12. The molecule has 2 N–H and O–H groups in total. The van der Waals surface area contributed by atoms with Crippen molar-refractivity contribution in [3.63, 3.8) is 0 Å². The van der Waals surface area contributed by atoms with E-state index >= 15 is 0 Å². The highest BCUT2D eigenvalue weighted by Gasteiger charge is 2.22. The fourth-order valence-corrected chi connectivity index (χ4v) is 1.35. The molecule has 1 rings (SSSR count). The summed E-state index contributed by atoms with van der Waals surface area (Å²) in [5.41, 5.74) is 0. The predicted molar refractivity (Wildman–Crippen MR) is 51.6 cm³/mol. The first kappa shape index (κ1) is 10.9. The highest BCUT2D eigenvalue weighted by Crippen LogP contribution is 2.04. The number of likely N-dealkylation sites (tertiary alicyclic amines) is 1. The number of hydrogen-bond acceptors (Lipinski definition) is 4. The molecule has 0 saturated carbocycles. The Bertz CT molecular complexity index is 127. The molecular weight excluding hydrogens is 168 g/mol. The number of nitrogens with one attached hydrogen (secondary N) is 1. The van der Waals surface area contributed by atoms with Crippen molar-refractivity contribution >= 4 is 0 Å². The smallest absolute Gasteiger partial charge is 0.0794 e. The molecule has 1 heterocycles. The number of nitrogens with zero attached hydrogens (tertiary/aromatic N) is 1. The summed E-state index contributed by atoms with van der Waals surface area (Å²) in [6, 6.07) is 0. The summed E-state index contributed by atoms with van der Waals surface area (Å²) in [4.78, 5) is 2.19. The van der Waals surface area contributed by atoms with Crippen LogP contribution in [0.2, 0.25) is 0 Å². The predicted octanol–water partition coefficient (Wildman–Crippen LogP) is -0.363. The molecule has 4 nitrogen and oxygen atoms in total. The number of aliphatic hydroxyl groups excluding tert-OH is 1. The summed E-state index contributed by atoms with van der Waals surface area (Å²) >= 11 is 0. The van der Waals surface area contributed by atoms with Gasteiger partial charge in [0.2, 0.25) is 0 Å². The maximum Gasteiger partial charge on any atom is 0.0794 e. The Hall–Kier alpha value is -0.160. The van der Waals surface area contributed by atoms with Crippen LogP contribution in [0.15, 0.2) is 0 Å². The van der Waals surface area contributed by atoms with Crippen molar-refractivity contribution in [2.45, 2.75) is 19.4 Å². The van der Waals surface area contributed by atoms with Crippen LogP contribution in [-0.4, -0.2) is 55.6 Å². The van der Waals surface area contributed by atoms with Gasteiger partial charge in [-0.3, -0.25) is 4.90 Å². The average Bonchev–Trinajstić information content (AvgIpc) is 2.07. The van der Waals surface area contributed by atoms with Crippen LogP contribution in [0.1, 0.15) is 13.3 Å². The highest BCUT2D eigenvalue weighted by molar-refractivity contribution is 4.77. The van der Waals surface area contributed by atoms with Crippen molar-refractivity contribution in [3.05, 3.63) is 0 Å². The lowest BCUT2D eigenvalue weighted by atomic mass is 10.2. The molecule has 0 aliphatic carbocycles. The maximum absolute atomic E-state index is 9.00. The van der Waals surface area contributed by atoms with Crippen LogP contribution in [0.3, 0.4) is 0 Å². The van der Waals surface area contributed by atoms with Gasteiger partial charge >= 0.3 is 0 Å². The second-order valence-corrected chi connectivity index (χ2v) is 3.40. The van der Waals surface area contributed by atoms with E-state index in [2.05, 4.69) is 10.2 Å². The van der Waals surface area contributed by atoms with Crippen molar-refractivity contribution in [1.29, 1.82) is 0 Å². The van der Waals surface area contributed by atoms with Crippen LogP contribution in [0.5, 0.6) is 0 Å². The molecule has 0 bridgehead atoms. The number of aliphatic hydroxyl groups is 1. The van der Waals surface area contributed by atoms with Gasteiger partial charge in [0.1, 0.15) is 0 Å². The van der Waals surface area contributed by atoms with Gasteiger partial charge in [-0.25, -0.2) is 0 Å². The zero-order chi connectivity index (χ0) is 9.52. The summed E-state index contributed by atoms with van der Waals surface area (Å²) in [6.07, 6.45) is 0.967. The lowest BCUT2D eigenvalue weighted by Crippen LogP contribution is -2.53. The maximum atomic E-state index is 9.00. The van der Waals surface area contributed by atoms with Gasteiger partial charge in [-0.1, -0.05) is 0 Å². The van der Waals surface area contributed by atoms with E-state index in [9.17, 15) is 0 Å². The van der Waals surface area contributed by atoms with Gasteiger partial charge in [-0.2, -0.15) is 0 Å². The van der Waals surface area contributed by atoms with E-state index in [1.807, 2.05) is 6.92 Å². The molecule has 1 fully saturated rings. The van der Waals surface area contributed by atoms with Crippen LogP contribution < -0.4 is 5.32 Å². The lowest BCUT2D eigenvalue weighted by Gasteiger charge is -2.35. The molecule has 78 valence electrons. The van der Waals surface area contributed by atoms with Crippen LogP contribution in [-0.2, 0) is 4.74 Å². The standard InChI is InChI=1S/C9H20N2O2/c1-2-13-5-3-4-10-8-11-6-9(12)7-11/h9-10,12H,2-8H2,1H3. The van der Waals surface area contributed by atoms with Crippen LogP contribution in [0.25, 0.3) is 0 Å². The zero-order valence-electron chi connectivity index (χ0n) is 8.33. The van der Waals surface area contributed by atoms with Crippen molar-refractivity contribution in [2.24, 2.45) is 0 Å². The molecule has 0 aromatic heterocycles. The molecule has 1 aliphatic rings. The van der Waals surface area contributed by atoms with Crippen LogP contribution in [0.4, 0.5) is 0 Å². The Balaban J connectivity index is 1.74. The summed E-state index contributed by atoms with van der Waals surface area (Å²) in [6.45, 7) is 7.17. The molecule has 0 aromatic rings. The molecule has 0 atom stereocenters. The number of ether oxygens (including phenoxy) is 1. The fraction of sp³-hybridized carbons (Fsp3) is 1.00. The second kappa shape index (κ2) is 6.32. The molecule has 13 heavy (non-hydrogen) atoms. The minimum atomic E-state index is -0.0924. The van der Waals surface area contributed by atoms with E-state index in [-0.39, 0.29) is 6.10 Å². The quantitative estimate of drug-likeness (QED) is 0.535. The topological polar surface area (TPSA) is 44.7 Å². The highest BCUT2D eigenvalue weighted by atomic mass is 16.5. The van der Waals surface area contributed by atoms with Gasteiger partial charge in [0, 0.05) is 33.0 Å². The van der Waals surface area contributed by atoms with Gasteiger partial charge in [0.15, 0.2) is 0 Å². The molecule has 0 aromatic carbocycles. The van der Waals surface area contributed by atoms with Gasteiger partial charge in [-0.05, 0) is 19.9 Å². The molecule has 1 saturated heterocycles. The first-order chi connectivity index (χ1) is 6.33. The van der Waals surface area contributed by atoms with Gasteiger partial charge in [0.05, 0.1) is 6.10 Å². The first-order valence-electron chi connectivity index (χ1n) is 5.01. The van der Waals surface area contributed by atoms with Gasteiger partial charge < -0.3 is 15.2 Å². The minimum Gasteiger partial charge on any atom is -0.390 e. The lowest BCUT2D eigenvalue weighted by molar-refractivity contribution is -0.00259. The van der Waals surface area contributed by atoms with Crippen molar-refractivity contribution in [1.82, 2.24) is 10.2 Å². The molecule has 4 heteroatoms. The van der Waals surface area contributed by atoms with Crippen LogP contribution >= 0.6 is 0 Å². The Morgan fingerprint density at radius 2 is 2.31 bits per heavy atom. The normalized spacial score (nSPS) is 18.9. The summed E-state index contributed by atoms with van der Waals surface area (Å²) in [5.74, 6) is 0. The monoisotopic (exact) mass is 188 g/mol. The Morgan fingerprint density at radius 3 is 2.92 bits per heavy atom. The molecule has 0 spiro atoms. The van der Waals surface area contributed by atoms with E-state index in [4.69, 9.17) is 9.84 Å². The van der Waals surface area contributed by atoms with E-state index in [0.29, 0.717) is 0 Å². The Kier molecular flexibility index (Phi) is 5.31. The SMILES string of the molecule is CCOCCCNCN1CC(O)C1. The molecule has 1 aliphatic heterocycles. The minimum absolute atomic E-state index is 0.0924. The third kappa shape index (κ3) is 4.57. The Morgan fingerprint density at radius 1 is 1.54 bits per heavy atom. The largest absolute Gasteiger partial charge is 0.390 e. The number of β-amino-alcohol motifs (C(OH)–C–C–N with tert-alkyl or cyclic N) is 1. The molecular formula is C9H20N2O2. The van der Waals surface area contributed by atoms with Crippen molar-refractivity contribution in [3.8, 4) is 0 Å². The second-order valence-electron chi connectivity index (χ2n) is 3.40. The van der Waals surface area contributed by atoms with Gasteiger partial charge in [-0.15, -0.1) is 0 Å². The van der Waals surface area contributed by atoms with E-state index in [0.717, 1.165) is 45.9 Å². The van der Waals surface area contributed by atoms with E-state index < -0.39 is 0 Å². The third-order valence-electron chi connectivity index (χ3n) is 2.12. The van der Waals surface area contributed by atoms with E-state index in [1.54, 1.807) is 0 Å². The number of rotatable bonds is 7. The van der Waals surface area contributed by atoms with Crippen molar-refractivity contribution < 1.29 is 9.84 Å². The first-order valence-corrected chi connectivity index (χ1v) is 5.01. The summed E-state index contributed by atoms with van der Waals surface area (Å²) < 4.78 is 5.20. The van der Waals surface area contributed by atoms with Crippen LogP contribution in [0, 0.1) is 0 Å². The fourth-order valence-electron chi connectivity index (χ4n) is 1.35. The van der Waals surface area contributed by atoms with E-state index in [1.165, 1.54) is 0 Å². The summed E-state index contributed by atoms with van der Waals surface area (Å²) in [5, 5.41) is 12.3. The zero-order valence-corrected chi connectivity index (χ0v) is 8.33. The average molecular weight is 188 g/mol. The Labute approximate surface area is 79.9 Å².